The lowest BCUT2D eigenvalue weighted by molar-refractivity contribution is -0.137. The predicted molar refractivity (Wildman–Crippen MR) is 105 cm³/mol. The first-order valence-corrected chi connectivity index (χ1v) is 9.22. The molecule has 4 rings (SSSR count). The zero-order valence-electron chi connectivity index (χ0n) is 15.9. The smallest absolute Gasteiger partial charge is 0.252 e. The van der Waals surface area contributed by atoms with Crippen molar-refractivity contribution in [3.05, 3.63) is 42.2 Å². The standard InChI is InChI=1S/C19H19N7O4/c1-2-21-18(29)15-13(27)14(28)19(30-15)26-9-23-12-16(20)24-11(25-17(12)26)7-6-10-5-3-4-8-22-10/h3-5,8-9,13-15,19,27-28H,2H2,1H3,(H,21,29)(H2,20,24,25)/t13-,14+,15-,19+/m0/s1. The van der Waals surface area contributed by atoms with Crippen LogP contribution in [0.5, 0.6) is 0 Å². The SMILES string of the molecule is CCNC(=O)[C@H]1O[C@@H](n2cnc3c(N)nc(C#Cc4ccccn4)nc32)[C@H](O)[C@@H]1O. The molecule has 5 N–H and O–H groups in total. The van der Waals surface area contributed by atoms with Gasteiger partial charge in [-0.3, -0.25) is 9.36 Å². The second kappa shape index (κ2) is 8.03. The number of fused-ring (bicyclic) bond motifs is 1. The third-order valence-electron chi connectivity index (χ3n) is 4.54. The van der Waals surface area contributed by atoms with Crippen LogP contribution in [0.25, 0.3) is 11.2 Å². The van der Waals surface area contributed by atoms with E-state index in [-0.39, 0.29) is 22.8 Å². The van der Waals surface area contributed by atoms with Gasteiger partial charge in [0.1, 0.15) is 23.4 Å². The molecule has 0 aliphatic carbocycles. The van der Waals surface area contributed by atoms with E-state index in [0.717, 1.165) is 0 Å². The number of amides is 1. The lowest BCUT2D eigenvalue weighted by Crippen LogP contribution is -2.42. The number of nitrogens with zero attached hydrogens (tertiary/aromatic N) is 5. The monoisotopic (exact) mass is 409 g/mol. The van der Waals surface area contributed by atoms with Crippen LogP contribution in [-0.4, -0.2) is 65.5 Å². The van der Waals surface area contributed by atoms with Crippen LogP contribution in [0, 0.1) is 11.8 Å². The summed E-state index contributed by atoms with van der Waals surface area (Å²) in [6, 6.07) is 5.32. The highest BCUT2D eigenvalue weighted by Gasteiger charge is 2.47. The van der Waals surface area contributed by atoms with Gasteiger partial charge >= 0.3 is 0 Å². The Hall–Kier alpha value is -3.59. The highest BCUT2D eigenvalue weighted by Crippen LogP contribution is 2.32. The third kappa shape index (κ3) is 3.55. The van der Waals surface area contributed by atoms with Crippen LogP contribution in [0.15, 0.2) is 30.7 Å². The Morgan fingerprint density at radius 2 is 2.10 bits per heavy atom. The number of aromatic nitrogens is 5. The summed E-state index contributed by atoms with van der Waals surface area (Å²) < 4.78 is 7.02. The molecule has 11 nitrogen and oxygen atoms in total. The summed E-state index contributed by atoms with van der Waals surface area (Å²) in [5, 5.41) is 23.3. The molecule has 0 unspecified atom stereocenters. The number of nitrogens with two attached hydrogens (primary N) is 1. The molecule has 0 spiro atoms. The molecule has 0 bridgehead atoms. The third-order valence-corrected chi connectivity index (χ3v) is 4.54. The van der Waals surface area contributed by atoms with Crippen LogP contribution < -0.4 is 11.1 Å². The van der Waals surface area contributed by atoms with Crippen LogP contribution in [0.4, 0.5) is 5.82 Å². The zero-order chi connectivity index (χ0) is 21.3. The summed E-state index contributed by atoms with van der Waals surface area (Å²) in [6.45, 7) is 2.10. The number of likely N-dealkylation sites (N-methyl/N-ethyl adjacent to an activating group) is 1. The summed E-state index contributed by atoms with van der Waals surface area (Å²) in [4.78, 5) is 28.9. The van der Waals surface area contributed by atoms with Crippen molar-refractivity contribution >= 4 is 22.9 Å². The summed E-state index contributed by atoms with van der Waals surface area (Å²) in [6.07, 6.45) is -2.15. The molecular weight excluding hydrogens is 390 g/mol. The minimum absolute atomic E-state index is 0.0948. The number of ether oxygens (including phenoxy) is 1. The minimum Gasteiger partial charge on any atom is -0.387 e. The van der Waals surface area contributed by atoms with E-state index >= 15 is 0 Å². The molecule has 0 radical (unpaired) electrons. The van der Waals surface area contributed by atoms with Gasteiger partial charge in [-0.1, -0.05) is 6.07 Å². The molecule has 1 fully saturated rings. The molecule has 4 atom stereocenters. The Bertz CT molecular complexity index is 1140. The van der Waals surface area contributed by atoms with E-state index in [1.165, 1.54) is 10.9 Å². The van der Waals surface area contributed by atoms with E-state index in [2.05, 4.69) is 37.1 Å². The van der Waals surface area contributed by atoms with E-state index in [4.69, 9.17) is 10.5 Å². The highest BCUT2D eigenvalue weighted by molar-refractivity contribution is 5.83. The van der Waals surface area contributed by atoms with Crippen LogP contribution >= 0.6 is 0 Å². The van der Waals surface area contributed by atoms with Crippen molar-refractivity contribution in [2.75, 3.05) is 12.3 Å². The summed E-state index contributed by atoms with van der Waals surface area (Å²) >= 11 is 0. The Morgan fingerprint density at radius 3 is 2.83 bits per heavy atom. The molecule has 4 heterocycles. The van der Waals surface area contributed by atoms with Crippen molar-refractivity contribution in [2.45, 2.75) is 31.5 Å². The molecule has 11 heteroatoms. The molecule has 154 valence electrons. The average molecular weight is 409 g/mol. The summed E-state index contributed by atoms with van der Waals surface area (Å²) in [5.41, 5.74) is 7.06. The number of rotatable bonds is 3. The topological polar surface area (TPSA) is 161 Å². The fourth-order valence-electron chi connectivity index (χ4n) is 3.12. The molecule has 1 saturated heterocycles. The average Bonchev–Trinajstić information content (AvgIpc) is 3.29. The molecule has 0 saturated carbocycles. The van der Waals surface area contributed by atoms with Crippen molar-refractivity contribution < 1.29 is 19.7 Å². The van der Waals surface area contributed by atoms with Gasteiger partial charge in [0.15, 0.2) is 23.8 Å². The second-order valence-electron chi connectivity index (χ2n) is 6.54. The van der Waals surface area contributed by atoms with Crippen molar-refractivity contribution in [3.63, 3.8) is 0 Å². The lowest BCUT2D eigenvalue weighted by atomic mass is 10.1. The van der Waals surface area contributed by atoms with E-state index in [1.54, 1.807) is 31.3 Å². The Balaban J connectivity index is 1.70. The van der Waals surface area contributed by atoms with Gasteiger partial charge in [-0.15, -0.1) is 0 Å². The first kappa shape index (κ1) is 19.7. The maximum atomic E-state index is 12.1. The quantitative estimate of drug-likeness (QED) is 0.396. The largest absolute Gasteiger partial charge is 0.387 e. The van der Waals surface area contributed by atoms with E-state index in [9.17, 15) is 15.0 Å². The molecule has 1 aliphatic heterocycles. The maximum Gasteiger partial charge on any atom is 0.252 e. The van der Waals surface area contributed by atoms with Gasteiger partial charge in [-0.05, 0) is 30.9 Å². The van der Waals surface area contributed by atoms with Crippen molar-refractivity contribution in [2.24, 2.45) is 0 Å². The fraction of sp³-hybridized carbons (Fsp3) is 0.316. The number of carbonyl (C=O) groups is 1. The predicted octanol–water partition coefficient (Wildman–Crippen LogP) is -1.04. The van der Waals surface area contributed by atoms with Gasteiger partial charge in [0, 0.05) is 12.7 Å². The molecule has 30 heavy (non-hydrogen) atoms. The highest BCUT2D eigenvalue weighted by atomic mass is 16.6. The summed E-state index contributed by atoms with van der Waals surface area (Å²) in [5.74, 6) is 5.33. The molecule has 1 amide bonds. The Labute approximate surface area is 170 Å². The van der Waals surface area contributed by atoms with Crippen LogP contribution in [0.2, 0.25) is 0 Å². The number of aliphatic hydroxyl groups is 2. The zero-order valence-corrected chi connectivity index (χ0v) is 15.9. The second-order valence-corrected chi connectivity index (χ2v) is 6.54. The number of carbonyl (C=O) groups excluding carboxylic acids is 1. The lowest BCUT2D eigenvalue weighted by Gasteiger charge is -2.16. The summed E-state index contributed by atoms with van der Waals surface area (Å²) in [7, 11) is 0. The van der Waals surface area contributed by atoms with E-state index in [1.807, 2.05) is 0 Å². The van der Waals surface area contributed by atoms with Gasteiger partial charge in [-0.25, -0.2) is 19.9 Å². The van der Waals surface area contributed by atoms with Crippen LogP contribution in [-0.2, 0) is 9.53 Å². The number of hydrogen-bond donors (Lipinski definition) is 4. The molecule has 1 aliphatic rings. The number of hydrogen-bond acceptors (Lipinski definition) is 9. The number of nitrogen functional groups attached to an aromatic ring is 1. The number of aliphatic hydroxyl groups excluding tert-OH is 2. The molecule has 3 aromatic heterocycles. The first-order chi connectivity index (χ1) is 14.5. The van der Waals surface area contributed by atoms with Gasteiger partial charge < -0.3 is 26.0 Å². The molecule has 0 aromatic carbocycles. The number of pyridine rings is 1. The van der Waals surface area contributed by atoms with Gasteiger partial charge in [0.2, 0.25) is 5.82 Å². The Kier molecular flexibility index (Phi) is 5.28. The van der Waals surface area contributed by atoms with Crippen LogP contribution in [0.3, 0.4) is 0 Å². The van der Waals surface area contributed by atoms with Crippen molar-refractivity contribution in [1.29, 1.82) is 0 Å². The van der Waals surface area contributed by atoms with Gasteiger partial charge in [0.05, 0.1) is 6.33 Å². The van der Waals surface area contributed by atoms with Crippen LogP contribution in [0.1, 0.15) is 24.7 Å². The fourth-order valence-corrected chi connectivity index (χ4v) is 3.12. The number of anilines is 1. The molecular formula is C19H19N7O4. The van der Waals surface area contributed by atoms with Gasteiger partial charge in [0.25, 0.3) is 5.91 Å². The van der Waals surface area contributed by atoms with Crippen molar-refractivity contribution in [1.82, 2.24) is 29.8 Å². The number of nitrogens with one attached hydrogen (secondary N) is 1. The van der Waals surface area contributed by atoms with Gasteiger partial charge in [-0.2, -0.15) is 0 Å². The van der Waals surface area contributed by atoms with E-state index in [0.29, 0.717) is 12.2 Å². The molecule has 3 aromatic rings. The van der Waals surface area contributed by atoms with E-state index < -0.39 is 30.4 Å². The Morgan fingerprint density at radius 1 is 1.27 bits per heavy atom. The normalized spacial score (nSPS) is 23.2. The first-order valence-electron chi connectivity index (χ1n) is 9.22. The minimum atomic E-state index is -1.42. The number of imidazole rings is 1. The maximum absolute atomic E-state index is 12.1. The van der Waals surface area contributed by atoms with Crippen molar-refractivity contribution in [3.8, 4) is 11.8 Å².